The molecule has 0 spiro atoms. The standard InChI is InChI=1S/C17H19F2NO/c1-4-20-17(12-8-11(2)9-13(18)10-12)14-6-5-7-15(21-3)16(14)19/h5-10,17,20H,4H2,1-3H3. The van der Waals surface area contributed by atoms with E-state index in [1.807, 2.05) is 19.9 Å². The molecule has 2 nitrogen and oxygen atoms in total. The zero-order chi connectivity index (χ0) is 15.4. The number of aryl methyl sites for hydroxylation is 1. The smallest absolute Gasteiger partial charge is 0.170 e. The molecule has 0 bridgehead atoms. The molecule has 0 saturated heterocycles. The maximum atomic E-state index is 14.5. The van der Waals surface area contributed by atoms with Crippen LogP contribution in [-0.2, 0) is 0 Å². The largest absolute Gasteiger partial charge is 0.494 e. The van der Waals surface area contributed by atoms with Crippen LogP contribution in [0.1, 0.15) is 29.7 Å². The fourth-order valence-corrected chi connectivity index (χ4v) is 2.45. The van der Waals surface area contributed by atoms with Gasteiger partial charge in [-0.2, -0.15) is 0 Å². The number of benzene rings is 2. The minimum atomic E-state index is -0.423. The highest BCUT2D eigenvalue weighted by Gasteiger charge is 2.20. The summed E-state index contributed by atoms with van der Waals surface area (Å²) in [7, 11) is 1.43. The second kappa shape index (κ2) is 6.68. The van der Waals surface area contributed by atoms with Gasteiger partial charge in [-0.25, -0.2) is 8.78 Å². The molecule has 1 atom stereocenters. The molecule has 1 N–H and O–H groups in total. The van der Waals surface area contributed by atoms with Gasteiger partial charge in [0, 0.05) is 5.56 Å². The summed E-state index contributed by atoms with van der Waals surface area (Å²) in [6.07, 6.45) is 0. The van der Waals surface area contributed by atoms with Crippen LogP contribution in [-0.4, -0.2) is 13.7 Å². The first-order valence-corrected chi connectivity index (χ1v) is 6.89. The Labute approximate surface area is 123 Å². The van der Waals surface area contributed by atoms with Gasteiger partial charge >= 0.3 is 0 Å². The molecule has 2 rings (SSSR count). The van der Waals surface area contributed by atoms with Crippen LogP contribution in [0.5, 0.6) is 5.75 Å². The molecule has 1 unspecified atom stereocenters. The van der Waals surface area contributed by atoms with E-state index in [2.05, 4.69) is 5.32 Å². The molecule has 4 heteroatoms. The molecule has 0 aliphatic heterocycles. The van der Waals surface area contributed by atoms with E-state index < -0.39 is 11.9 Å². The van der Waals surface area contributed by atoms with E-state index in [0.29, 0.717) is 17.7 Å². The molecule has 21 heavy (non-hydrogen) atoms. The molecule has 0 aliphatic rings. The van der Waals surface area contributed by atoms with Gasteiger partial charge < -0.3 is 10.1 Å². The fraction of sp³-hybridized carbons (Fsp3) is 0.294. The third kappa shape index (κ3) is 3.39. The van der Waals surface area contributed by atoms with Gasteiger partial charge in [0.1, 0.15) is 5.82 Å². The molecule has 0 aliphatic carbocycles. The van der Waals surface area contributed by atoms with Crippen LogP contribution in [0, 0.1) is 18.6 Å². The van der Waals surface area contributed by atoms with Gasteiger partial charge in [-0.1, -0.05) is 25.1 Å². The lowest BCUT2D eigenvalue weighted by Gasteiger charge is -2.21. The van der Waals surface area contributed by atoms with Crippen molar-refractivity contribution in [1.29, 1.82) is 0 Å². The molecule has 0 amide bonds. The lowest BCUT2D eigenvalue weighted by Crippen LogP contribution is -2.23. The van der Waals surface area contributed by atoms with Gasteiger partial charge in [0.25, 0.3) is 0 Å². The molecule has 112 valence electrons. The van der Waals surface area contributed by atoms with E-state index in [-0.39, 0.29) is 11.6 Å². The predicted octanol–water partition coefficient (Wildman–Crippen LogP) is 3.98. The Balaban J connectivity index is 2.53. The first kappa shape index (κ1) is 15.4. The van der Waals surface area contributed by atoms with Crippen LogP contribution in [0.3, 0.4) is 0 Å². The van der Waals surface area contributed by atoms with E-state index in [0.717, 1.165) is 5.56 Å². The van der Waals surface area contributed by atoms with Crippen LogP contribution in [0.25, 0.3) is 0 Å². The zero-order valence-electron chi connectivity index (χ0n) is 12.4. The number of methoxy groups -OCH3 is 1. The Bertz CT molecular complexity index is 608. The van der Waals surface area contributed by atoms with Crippen molar-refractivity contribution in [3.05, 3.63) is 64.7 Å². The normalized spacial score (nSPS) is 12.2. The van der Waals surface area contributed by atoms with E-state index >= 15 is 0 Å². The molecule has 0 radical (unpaired) electrons. The van der Waals surface area contributed by atoms with E-state index in [4.69, 9.17) is 4.74 Å². The molecule has 0 heterocycles. The molecular weight excluding hydrogens is 272 g/mol. The Morgan fingerprint density at radius 2 is 1.95 bits per heavy atom. The summed E-state index contributed by atoms with van der Waals surface area (Å²) in [5, 5.41) is 3.20. The first-order valence-electron chi connectivity index (χ1n) is 6.89. The molecule has 0 fully saturated rings. The summed E-state index contributed by atoms with van der Waals surface area (Å²) in [5.41, 5.74) is 1.94. The summed E-state index contributed by atoms with van der Waals surface area (Å²) in [5.74, 6) is -0.562. The number of ether oxygens (including phenoxy) is 1. The maximum Gasteiger partial charge on any atom is 0.170 e. The van der Waals surface area contributed by atoms with Crippen molar-refractivity contribution in [2.45, 2.75) is 19.9 Å². The van der Waals surface area contributed by atoms with Crippen molar-refractivity contribution >= 4 is 0 Å². The highest BCUT2D eigenvalue weighted by molar-refractivity contribution is 5.39. The average molecular weight is 291 g/mol. The van der Waals surface area contributed by atoms with E-state index in [1.54, 1.807) is 18.2 Å². The summed E-state index contributed by atoms with van der Waals surface area (Å²) in [4.78, 5) is 0. The van der Waals surface area contributed by atoms with Crippen LogP contribution in [0.4, 0.5) is 8.78 Å². The van der Waals surface area contributed by atoms with Gasteiger partial charge in [-0.3, -0.25) is 0 Å². The van der Waals surface area contributed by atoms with Crippen molar-refractivity contribution in [3.63, 3.8) is 0 Å². The minimum Gasteiger partial charge on any atom is -0.494 e. The Hall–Kier alpha value is -1.94. The third-order valence-corrected chi connectivity index (χ3v) is 3.33. The zero-order valence-corrected chi connectivity index (χ0v) is 12.4. The van der Waals surface area contributed by atoms with E-state index in [9.17, 15) is 8.78 Å². The number of hydrogen-bond acceptors (Lipinski definition) is 2. The SMILES string of the molecule is CCNC(c1cc(C)cc(F)c1)c1cccc(OC)c1F. The first-order chi connectivity index (χ1) is 10.1. The highest BCUT2D eigenvalue weighted by Crippen LogP contribution is 2.30. The number of nitrogens with one attached hydrogen (secondary N) is 1. The number of rotatable bonds is 5. The third-order valence-electron chi connectivity index (χ3n) is 3.33. The summed E-state index contributed by atoms with van der Waals surface area (Å²) < 4.78 is 33.1. The Kier molecular flexibility index (Phi) is 4.91. The van der Waals surface area contributed by atoms with Crippen LogP contribution < -0.4 is 10.1 Å². The lowest BCUT2D eigenvalue weighted by atomic mass is 9.96. The Morgan fingerprint density at radius 1 is 1.19 bits per heavy atom. The quantitative estimate of drug-likeness (QED) is 0.899. The van der Waals surface area contributed by atoms with Crippen LogP contribution in [0.2, 0.25) is 0 Å². The van der Waals surface area contributed by atoms with Crippen molar-refractivity contribution in [2.75, 3.05) is 13.7 Å². The van der Waals surface area contributed by atoms with Crippen molar-refractivity contribution < 1.29 is 13.5 Å². The predicted molar refractivity (Wildman–Crippen MR) is 79.6 cm³/mol. The summed E-state index contributed by atoms with van der Waals surface area (Å²) in [6, 6.07) is 9.31. The molecule has 2 aromatic rings. The van der Waals surface area contributed by atoms with Gasteiger partial charge in [0.15, 0.2) is 11.6 Å². The molecule has 2 aromatic carbocycles. The second-order valence-electron chi connectivity index (χ2n) is 4.92. The van der Waals surface area contributed by atoms with Crippen molar-refractivity contribution in [2.24, 2.45) is 0 Å². The monoisotopic (exact) mass is 291 g/mol. The van der Waals surface area contributed by atoms with Gasteiger partial charge in [0.2, 0.25) is 0 Å². The van der Waals surface area contributed by atoms with E-state index in [1.165, 1.54) is 19.2 Å². The summed E-state index contributed by atoms with van der Waals surface area (Å²) in [6.45, 7) is 4.38. The highest BCUT2D eigenvalue weighted by atomic mass is 19.1. The maximum absolute atomic E-state index is 14.5. The molecular formula is C17H19F2NO. The van der Waals surface area contributed by atoms with Crippen LogP contribution in [0.15, 0.2) is 36.4 Å². The summed E-state index contributed by atoms with van der Waals surface area (Å²) >= 11 is 0. The van der Waals surface area contributed by atoms with Gasteiger partial charge in [-0.15, -0.1) is 0 Å². The Morgan fingerprint density at radius 3 is 2.57 bits per heavy atom. The molecule has 0 aromatic heterocycles. The average Bonchev–Trinajstić information content (AvgIpc) is 2.44. The number of hydrogen-bond donors (Lipinski definition) is 1. The van der Waals surface area contributed by atoms with Crippen molar-refractivity contribution in [1.82, 2.24) is 5.32 Å². The van der Waals surface area contributed by atoms with Gasteiger partial charge in [-0.05, 0) is 42.8 Å². The fourth-order valence-electron chi connectivity index (χ4n) is 2.45. The van der Waals surface area contributed by atoms with Gasteiger partial charge in [0.05, 0.1) is 13.2 Å². The minimum absolute atomic E-state index is 0.184. The van der Waals surface area contributed by atoms with Crippen LogP contribution >= 0.6 is 0 Å². The topological polar surface area (TPSA) is 21.3 Å². The lowest BCUT2D eigenvalue weighted by molar-refractivity contribution is 0.381. The second-order valence-corrected chi connectivity index (χ2v) is 4.92. The number of halogens is 2. The molecule has 0 saturated carbocycles. The van der Waals surface area contributed by atoms with Crippen molar-refractivity contribution in [3.8, 4) is 5.75 Å².